The number of aldehydes is 1. The molecule has 0 amide bonds. The van der Waals surface area contributed by atoms with E-state index in [9.17, 15) is 19.7 Å². The Morgan fingerprint density at radius 2 is 1.71 bits per heavy atom. The number of hydrogen-bond acceptors (Lipinski definition) is 5. The first-order valence-corrected chi connectivity index (χ1v) is 5.73. The first kappa shape index (κ1) is 15.8. The summed E-state index contributed by atoms with van der Waals surface area (Å²) < 4.78 is 0. The van der Waals surface area contributed by atoms with Crippen molar-refractivity contribution in [3.63, 3.8) is 0 Å². The minimum Gasteiger partial charge on any atom is -0.478 e. The topological polar surface area (TPSA) is 124 Å². The molecule has 0 aromatic heterocycles. The highest BCUT2D eigenvalue weighted by Crippen LogP contribution is 2.14. The Morgan fingerprint density at radius 3 is 2.14 bits per heavy atom. The molecule has 0 bridgehead atoms. The average Bonchev–Trinajstić information content (AvgIpc) is 2.48. The largest absolute Gasteiger partial charge is 0.478 e. The molecule has 0 saturated carbocycles. The van der Waals surface area contributed by atoms with E-state index in [2.05, 4.69) is 0 Å². The predicted molar refractivity (Wildman–Crippen MR) is 76.3 cm³/mol. The fourth-order valence-electron chi connectivity index (χ4n) is 1.45. The normalized spacial score (nSPS) is 9.14. The Hall–Kier alpha value is -3.22. The lowest BCUT2D eigenvalue weighted by Crippen LogP contribution is -2.00. The van der Waals surface area contributed by atoms with E-state index in [0.717, 1.165) is 0 Å². The van der Waals surface area contributed by atoms with Gasteiger partial charge in [0.05, 0.1) is 16.1 Å². The Bertz CT molecular complexity index is 670. The number of aromatic carboxylic acids is 1. The van der Waals surface area contributed by atoms with Gasteiger partial charge >= 0.3 is 5.97 Å². The van der Waals surface area contributed by atoms with E-state index in [1.165, 1.54) is 24.3 Å². The van der Waals surface area contributed by atoms with Gasteiger partial charge in [0.25, 0.3) is 5.69 Å². The van der Waals surface area contributed by atoms with E-state index in [-0.39, 0.29) is 16.8 Å². The van der Waals surface area contributed by atoms with Gasteiger partial charge in [-0.2, -0.15) is 0 Å². The van der Waals surface area contributed by atoms with Gasteiger partial charge in [-0.15, -0.1) is 0 Å². The van der Waals surface area contributed by atoms with Crippen molar-refractivity contribution in [2.24, 2.45) is 0 Å². The Balaban J connectivity index is 0.000000211. The molecule has 0 aliphatic carbocycles. The maximum Gasteiger partial charge on any atom is 0.337 e. The van der Waals surface area contributed by atoms with E-state index < -0.39 is 10.9 Å². The number of para-hydroxylation sites is 2. The monoisotopic (exact) mass is 288 g/mol. The van der Waals surface area contributed by atoms with Crippen LogP contribution in [-0.2, 0) is 0 Å². The highest BCUT2D eigenvalue weighted by atomic mass is 16.6. The number of carboxylic acid groups (broad SMARTS) is 1. The molecule has 3 N–H and O–H groups in total. The van der Waals surface area contributed by atoms with Gasteiger partial charge in [-0.3, -0.25) is 14.9 Å². The number of nitrogens with zero attached hydrogens (tertiary/aromatic N) is 1. The number of anilines is 1. The standard InChI is InChI=1S/C7H5NO3.C7H7NO2/c9-5-6-3-1-2-4-7(6)8(10)11;8-6-4-2-1-3-5(6)7(9)10/h1-5H;1-4H,8H2,(H,9,10). The third-order valence-electron chi connectivity index (χ3n) is 2.45. The lowest BCUT2D eigenvalue weighted by Gasteiger charge is -1.96. The van der Waals surface area contributed by atoms with Crippen LogP contribution in [0.2, 0.25) is 0 Å². The summed E-state index contributed by atoms with van der Waals surface area (Å²) in [5.41, 5.74) is 5.76. The molecule has 108 valence electrons. The van der Waals surface area contributed by atoms with Crippen LogP contribution in [0.3, 0.4) is 0 Å². The molecule has 2 rings (SSSR count). The van der Waals surface area contributed by atoms with Crippen molar-refractivity contribution in [3.8, 4) is 0 Å². The second kappa shape index (κ2) is 7.39. The quantitative estimate of drug-likeness (QED) is 0.386. The van der Waals surface area contributed by atoms with Crippen molar-refractivity contribution < 1.29 is 19.6 Å². The summed E-state index contributed by atoms with van der Waals surface area (Å²) in [5.74, 6) is -0.988. The van der Waals surface area contributed by atoms with Crippen LogP contribution in [0.25, 0.3) is 0 Å². The Kier molecular flexibility index (Phi) is 5.57. The van der Waals surface area contributed by atoms with Crippen molar-refractivity contribution >= 4 is 23.6 Å². The molecule has 0 radical (unpaired) electrons. The molecule has 7 nitrogen and oxygen atoms in total. The molecule has 0 fully saturated rings. The maximum absolute atomic E-state index is 10.3. The number of rotatable bonds is 3. The summed E-state index contributed by atoms with van der Waals surface area (Å²) >= 11 is 0. The van der Waals surface area contributed by atoms with Gasteiger partial charge in [-0.25, -0.2) is 4.79 Å². The zero-order valence-electron chi connectivity index (χ0n) is 10.8. The number of carboxylic acids is 1. The number of nitrogen functional groups attached to an aromatic ring is 1. The number of hydrogen-bond donors (Lipinski definition) is 2. The predicted octanol–water partition coefficient (Wildman–Crippen LogP) is 2.37. The van der Waals surface area contributed by atoms with Crippen LogP contribution in [0.1, 0.15) is 20.7 Å². The summed E-state index contributed by atoms with van der Waals surface area (Å²) in [6.45, 7) is 0. The summed E-state index contributed by atoms with van der Waals surface area (Å²) in [5, 5.41) is 18.7. The second-order valence-corrected chi connectivity index (χ2v) is 3.83. The van der Waals surface area contributed by atoms with E-state index in [1.54, 1.807) is 24.3 Å². The van der Waals surface area contributed by atoms with E-state index in [4.69, 9.17) is 10.8 Å². The highest BCUT2D eigenvalue weighted by molar-refractivity contribution is 5.93. The minimum atomic E-state index is -0.988. The molecule has 2 aromatic carbocycles. The van der Waals surface area contributed by atoms with Crippen LogP contribution < -0.4 is 5.73 Å². The molecule has 0 heterocycles. The highest BCUT2D eigenvalue weighted by Gasteiger charge is 2.09. The molecule has 0 atom stereocenters. The molecular formula is C14H12N2O5. The summed E-state index contributed by atoms with van der Waals surface area (Å²) in [6.07, 6.45) is 0.470. The van der Waals surface area contributed by atoms with Crippen LogP contribution >= 0.6 is 0 Å². The molecule has 0 aliphatic heterocycles. The maximum atomic E-state index is 10.3. The fraction of sp³-hybridized carbons (Fsp3) is 0. The molecule has 0 unspecified atom stereocenters. The molecular weight excluding hydrogens is 276 g/mol. The smallest absolute Gasteiger partial charge is 0.337 e. The van der Waals surface area contributed by atoms with Crippen LogP contribution in [0.5, 0.6) is 0 Å². The second-order valence-electron chi connectivity index (χ2n) is 3.83. The Morgan fingerprint density at radius 1 is 1.14 bits per heavy atom. The van der Waals surface area contributed by atoms with E-state index >= 15 is 0 Å². The third kappa shape index (κ3) is 4.43. The van der Waals surface area contributed by atoms with Gasteiger partial charge in [0.2, 0.25) is 0 Å². The number of nitro groups is 1. The lowest BCUT2D eigenvalue weighted by atomic mass is 10.2. The van der Waals surface area contributed by atoms with Crippen LogP contribution in [0.4, 0.5) is 11.4 Å². The van der Waals surface area contributed by atoms with Gasteiger partial charge < -0.3 is 10.8 Å². The van der Waals surface area contributed by atoms with Crippen molar-refractivity contribution in [2.45, 2.75) is 0 Å². The zero-order chi connectivity index (χ0) is 15.8. The first-order valence-electron chi connectivity index (χ1n) is 5.73. The van der Waals surface area contributed by atoms with Gasteiger partial charge in [-0.05, 0) is 18.2 Å². The van der Waals surface area contributed by atoms with Crippen LogP contribution in [-0.4, -0.2) is 22.3 Å². The molecule has 21 heavy (non-hydrogen) atoms. The zero-order valence-corrected chi connectivity index (χ0v) is 10.8. The van der Waals surface area contributed by atoms with E-state index in [0.29, 0.717) is 12.0 Å². The van der Waals surface area contributed by atoms with Crippen molar-refractivity contribution in [2.75, 3.05) is 5.73 Å². The van der Waals surface area contributed by atoms with Crippen molar-refractivity contribution in [1.29, 1.82) is 0 Å². The number of nitro benzene ring substituents is 1. The van der Waals surface area contributed by atoms with Gasteiger partial charge in [-0.1, -0.05) is 24.3 Å². The Labute approximate surface area is 119 Å². The number of benzene rings is 2. The molecule has 7 heteroatoms. The van der Waals surface area contributed by atoms with E-state index in [1.807, 2.05) is 0 Å². The van der Waals surface area contributed by atoms with Gasteiger partial charge in [0.15, 0.2) is 6.29 Å². The lowest BCUT2D eigenvalue weighted by molar-refractivity contribution is -0.385. The van der Waals surface area contributed by atoms with Crippen LogP contribution in [0, 0.1) is 10.1 Å². The SMILES string of the molecule is Nc1ccccc1C(=O)O.O=Cc1ccccc1[N+](=O)[O-]. The number of carbonyl (C=O) groups is 2. The first-order chi connectivity index (χ1) is 9.97. The number of nitrogens with two attached hydrogens (primary N) is 1. The van der Waals surface area contributed by atoms with Crippen molar-refractivity contribution in [1.82, 2.24) is 0 Å². The summed E-state index contributed by atoms with van der Waals surface area (Å²) in [4.78, 5) is 30.2. The third-order valence-corrected chi connectivity index (χ3v) is 2.45. The van der Waals surface area contributed by atoms with Gasteiger partial charge in [0.1, 0.15) is 0 Å². The minimum absolute atomic E-state index is 0.109. The number of carbonyl (C=O) groups excluding carboxylic acids is 1. The fourth-order valence-corrected chi connectivity index (χ4v) is 1.45. The average molecular weight is 288 g/mol. The van der Waals surface area contributed by atoms with Crippen molar-refractivity contribution in [3.05, 3.63) is 69.8 Å². The molecule has 0 spiro atoms. The van der Waals surface area contributed by atoms with Crippen LogP contribution in [0.15, 0.2) is 48.5 Å². The molecule has 0 saturated heterocycles. The van der Waals surface area contributed by atoms with Gasteiger partial charge in [0, 0.05) is 11.8 Å². The summed E-state index contributed by atoms with van der Waals surface area (Å²) in [7, 11) is 0. The summed E-state index contributed by atoms with van der Waals surface area (Å²) in [6, 6.07) is 12.2. The molecule has 2 aromatic rings. The molecule has 0 aliphatic rings.